The summed E-state index contributed by atoms with van der Waals surface area (Å²) in [7, 11) is 0. The van der Waals surface area contributed by atoms with Crippen molar-refractivity contribution >= 4 is 17.5 Å². The SMILES string of the molecule is Cc1cc(C(=O)N2CCC(Cl)CC2)ccn1. The molecule has 1 aliphatic rings. The number of likely N-dealkylation sites (tertiary alicyclic amines) is 1. The molecule has 3 nitrogen and oxygen atoms in total. The molecule has 4 heteroatoms. The topological polar surface area (TPSA) is 33.2 Å². The van der Waals surface area contributed by atoms with E-state index < -0.39 is 0 Å². The van der Waals surface area contributed by atoms with Gasteiger partial charge in [0.2, 0.25) is 0 Å². The van der Waals surface area contributed by atoms with E-state index in [-0.39, 0.29) is 11.3 Å². The highest BCUT2D eigenvalue weighted by Crippen LogP contribution is 2.17. The molecular weight excluding hydrogens is 224 g/mol. The molecule has 2 rings (SSSR count). The number of hydrogen-bond donors (Lipinski definition) is 0. The number of hydrogen-bond acceptors (Lipinski definition) is 2. The van der Waals surface area contributed by atoms with Crippen LogP contribution in [0.4, 0.5) is 0 Å². The molecule has 0 aliphatic carbocycles. The van der Waals surface area contributed by atoms with Crippen LogP contribution in [-0.4, -0.2) is 34.3 Å². The normalized spacial score (nSPS) is 17.5. The van der Waals surface area contributed by atoms with Gasteiger partial charge >= 0.3 is 0 Å². The van der Waals surface area contributed by atoms with Crippen molar-refractivity contribution in [1.82, 2.24) is 9.88 Å². The number of pyridine rings is 1. The van der Waals surface area contributed by atoms with E-state index in [0.29, 0.717) is 0 Å². The number of aryl methyl sites for hydroxylation is 1. The zero-order valence-electron chi connectivity index (χ0n) is 9.32. The van der Waals surface area contributed by atoms with E-state index in [1.165, 1.54) is 0 Å². The van der Waals surface area contributed by atoms with E-state index in [0.717, 1.165) is 37.2 Å². The van der Waals surface area contributed by atoms with Gasteiger partial charge in [-0.3, -0.25) is 9.78 Å². The fraction of sp³-hybridized carbons (Fsp3) is 0.500. The van der Waals surface area contributed by atoms with Crippen LogP contribution in [0.3, 0.4) is 0 Å². The van der Waals surface area contributed by atoms with E-state index in [1.807, 2.05) is 17.9 Å². The Balaban J connectivity index is 2.08. The van der Waals surface area contributed by atoms with Gasteiger partial charge in [0.05, 0.1) is 0 Å². The van der Waals surface area contributed by atoms with Crippen molar-refractivity contribution in [3.8, 4) is 0 Å². The Kier molecular flexibility index (Phi) is 3.44. The van der Waals surface area contributed by atoms with Crippen LogP contribution in [0, 0.1) is 6.92 Å². The van der Waals surface area contributed by atoms with Crippen molar-refractivity contribution in [2.45, 2.75) is 25.1 Å². The third kappa shape index (κ3) is 2.53. The third-order valence-corrected chi connectivity index (χ3v) is 3.29. The molecular formula is C12H15ClN2O. The molecule has 16 heavy (non-hydrogen) atoms. The van der Waals surface area contributed by atoms with Gasteiger partial charge in [-0.05, 0) is 31.9 Å². The molecule has 0 bridgehead atoms. The second-order valence-electron chi connectivity index (χ2n) is 4.15. The molecule has 1 amide bonds. The van der Waals surface area contributed by atoms with Gasteiger partial charge in [-0.15, -0.1) is 11.6 Å². The molecule has 0 unspecified atom stereocenters. The van der Waals surface area contributed by atoms with Crippen molar-refractivity contribution in [1.29, 1.82) is 0 Å². The minimum Gasteiger partial charge on any atom is -0.339 e. The second-order valence-corrected chi connectivity index (χ2v) is 4.77. The van der Waals surface area contributed by atoms with Gasteiger partial charge < -0.3 is 4.90 Å². The molecule has 2 heterocycles. The molecule has 1 aromatic heterocycles. The summed E-state index contributed by atoms with van der Waals surface area (Å²) in [5, 5.41) is 0.225. The third-order valence-electron chi connectivity index (χ3n) is 2.86. The van der Waals surface area contributed by atoms with Gasteiger partial charge in [0.15, 0.2) is 0 Å². The molecule has 1 fully saturated rings. The molecule has 1 aliphatic heterocycles. The highest BCUT2D eigenvalue weighted by Gasteiger charge is 2.22. The van der Waals surface area contributed by atoms with Gasteiger partial charge in [-0.1, -0.05) is 0 Å². The number of halogens is 1. The molecule has 86 valence electrons. The Morgan fingerprint density at radius 3 is 2.81 bits per heavy atom. The summed E-state index contributed by atoms with van der Waals surface area (Å²) < 4.78 is 0. The van der Waals surface area contributed by atoms with Crippen molar-refractivity contribution in [2.24, 2.45) is 0 Å². The first-order valence-corrected chi connectivity index (χ1v) is 5.96. The van der Waals surface area contributed by atoms with Crippen molar-refractivity contribution in [3.05, 3.63) is 29.6 Å². The number of aromatic nitrogens is 1. The van der Waals surface area contributed by atoms with Crippen LogP contribution in [0.15, 0.2) is 18.3 Å². The van der Waals surface area contributed by atoms with E-state index in [4.69, 9.17) is 11.6 Å². The smallest absolute Gasteiger partial charge is 0.253 e. The highest BCUT2D eigenvalue weighted by molar-refractivity contribution is 6.20. The zero-order chi connectivity index (χ0) is 11.5. The van der Waals surface area contributed by atoms with Crippen molar-refractivity contribution in [2.75, 3.05) is 13.1 Å². The number of rotatable bonds is 1. The van der Waals surface area contributed by atoms with Crippen LogP contribution in [0.1, 0.15) is 28.9 Å². The largest absolute Gasteiger partial charge is 0.339 e. The fourth-order valence-corrected chi connectivity index (χ4v) is 2.11. The van der Waals surface area contributed by atoms with Crippen LogP contribution < -0.4 is 0 Å². The van der Waals surface area contributed by atoms with E-state index in [2.05, 4.69) is 4.98 Å². The van der Waals surface area contributed by atoms with Gasteiger partial charge in [-0.2, -0.15) is 0 Å². The molecule has 1 saturated heterocycles. The van der Waals surface area contributed by atoms with Gasteiger partial charge in [0, 0.05) is 35.9 Å². The number of carbonyl (C=O) groups excluding carboxylic acids is 1. The molecule has 0 aromatic carbocycles. The lowest BCUT2D eigenvalue weighted by atomic mass is 10.1. The summed E-state index contributed by atoms with van der Waals surface area (Å²) in [4.78, 5) is 18.1. The Hall–Kier alpha value is -1.09. The van der Waals surface area contributed by atoms with Gasteiger partial charge in [0.1, 0.15) is 0 Å². The average molecular weight is 239 g/mol. The van der Waals surface area contributed by atoms with Gasteiger partial charge in [-0.25, -0.2) is 0 Å². The highest BCUT2D eigenvalue weighted by atomic mass is 35.5. The summed E-state index contributed by atoms with van der Waals surface area (Å²) >= 11 is 6.01. The average Bonchev–Trinajstić information content (AvgIpc) is 2.29. The van der Waals surface area contributed by atoms with Crippen LogP contribution in [0.5, 0.6) is 0 Å². The van der Waals surface area contributed by atoms with Crippen LogP contribution in [0.25, 0.3) is 0 Å². The van der Waals surface area contributed by atoms with Crippen LogP contribution in [0.2, 0.25) is 0 Å². The maximum atomic E-state index is 12.1. The number of alkyl halides is 1. The number of nitrogens with zero attached hydrogens (tertiary/aromatic N) is 2. The number of piperidine rings is 1. The molecule has 1 aromatic rings. The lowest BCUT2D eigenvalue weighted by molar-refractivity contribution is 0.0726. The van der Waals surface area contributed by atoms with E-state index in [1.54, 1.807) is 12.3 Å². The minimum absolute atomic E-state index is 0.0917. The van der Waals surface area contributed by atoms with Crippen LogP contribution >= 0.6 is 11.6 Å². The van der Waals surface area contributed by atoms with Crippen molar-refractivity contribution in [3.63, 3.8) is 0 Å². The molecule has 0 radical (unpaired) electrons. The summed E-state index contributed by atoms with van der Waals surface area (Å²) in [6, 6.07) is 3.59. The summed E-state index contributed by atoms with van der Waals surface area (Å²) in [5.41, 5.74) is 1.60. The zero-order valence-corrected chi connectivity index (χ0v) is 10.1. The van der Waals surface area contributed by atoms with E-state index >= 15 is 0 Å². The standard InChI is InChI=1S/C12H15ClN2O/c1-9-8-10(2-5-14-9)12(16)15-6-3-11(13)4-7-15/h2,5,8,11H,3-4,6-7H2,1H3. The van der Waals surface area contributed by atoms with Crippen LogP contribution in [-0.2, 0) is 0 Å². The quantitative estimate of drug-likeness (QED) is 0.703. The van der Waals surface area contributed by atoms with Crippen molar-refractivity contribution < 1.29 is 4.79 Å². The first-order valence-electron chi connectivity index (χ1n) is 5.53. The fourth-order valence-electron chi connectivity index (χ4n) is 1.91. The molecule has 0 spiro atoms. The predicted octanol–water partition coefficient (Wildman–Crippen LogP) is 2.23. The molecule has 0 atom stereocenters. The summed E-state index contributed by atoms with van der Waals surface area (Å²) in [6.45, 7) is 3.41. The molecule has 0 saturated carbocycles. The minimum atomic E-state index is 0.0917. The predicted molar refractivity (Wildman–Crippen MR) is 63.8 cm³/mol. The first kappa shape index (κ1) is 11.4. The Morgan fingerprint density at radius 1 is 1.50 bits per heavy atom. The maximum absolute atomic E-state index is 12.1. The van der Waals surface area contributed by atoms with Gasteiger partial charge in [0.25, 0.3) is 5.91 Å². The summed E-state index contributed by atoms with van der Waals surface area (Å²) in [5.74, 6) is 0.0917. The maximum Gasteiger partial charge on any atom is 0.253 e. The molecule has 0 N–H and O–H groups in total. The summed E-state index contributed by atoms with van der Waals surface area (Å²) in [6.07, 6.45) is 3.45. The monoisotopic (exact) mass is 238 g/mol. The Labute approximate surface area is 100 Å². The number of amides is 1. The number of carbonyl (C=O) groups is 1. The second kappa shape index (κ2) is 4.83. The lowest BCUT2D eigenvalue weighted by Crippen LogP contribution is -2.38. The Morgan fingerprint density at radius 2 is 2.19 bits per heavy atom. The lowest BCUT2D eigenvalue weighted by Gasteiger charge is -2.29. The first-order chi connectivity index (χ1) is 7.66. The van der Waals surface area contributed by atoms with E-state index in [9.17, 15) is 4.79 Å². The Bertz CT molecular complexity index is 386.